The molecule has 1 rings (SSSR count). The van der Waals surface area contributed by atoms with Gasteiger partial charge in [0.05, 0.1) is 6.61 Å². The summed E-state index contributed by atoms with van der Waals surface area (Å²) in [6.45, 7) is 5.24. The second kappa shape index (κ2) is 8.77. The van der Waals surface area contributed by atoms with Gasteiger partial charge in [-0.3, -0.25) is 4.89 Å². The summed E-state index contributed by atoms with van der Waals surface area (Å²) >= 11 is 0. The van der Waals surface area contributed by atoms with E-state index in [0.717, 1.165) is 6.08 Å². The van der Waals surface area contributed by atoms with Gasteiger partial charge in [0, 0.05) is 6.08 Å². The van der Waals surface area contributed by atoms with E-state index in [4.69, 9.17) is 5.11 Å². The smallest absolute Gasteiger partial charge is 0.365 e. The number of carbonyl (C=O) groups is 1. The molecular weight excluding hydrogens is 196 g/mol. The molecule has 4 nitrogen and oxygen atoms in total. The number of phenols is 1. The van der Waals surface area contributed by atoms with Crippen molar-refractivity contribution in [2.24, 2.45) is 0 Å². The van der Waals surface area contributed by atoms with Gasteiger partial charge in [0.1, 0.15) is 5.75 Å². The third-order valence-corrected chi connectivity index (χ3v) is 1.18. The number of carbonyl (C=O) groups excluding carboxylic acids is 1. The summed E-state index contributed by atoms with van der Waals surface area (Å²) in [6.07, 6.45) is 1.04. The average Bonchev–Trinajstić information content (AvgIpc) is 2.28. The molecule has 82 valence electrons. The Kier molecular flexibility index (Phi) is 7.71. The van der Waals surface area contributed by atoms with Crippen LogP contribution in [0.25, 0.3) is 0 Å². The predicted octanol–water partition coefficient (Wildman–Crippen LogP) is 2.06. The van der Waals surface area contributed by atoms with Crippen molar-refractivity contribution in [3.8, 4) is 5.75 Å². The van der Waals surface area contributed by atoms with E-state index in [0.29, 0.717) is 12.4 Å². The summed E-state index contributed by atoms with van der Waals surface area (Å²) < 4.78 is 0. The van der Waals surface area contributed by atoms with Crippen LogP contribution in [0.5, 0.6) is 5.75 Å². The molecule has 0 atom stereocenters. The van der Waals surface area contributed by atoms with Gasteiger partial charge < -0.3 is 5.11 Å². The Bertz CT molecular complexity index is 282. The fraction of sp³-hybridized carbons (Fsp3) is 0.182. The zero-order valence-corrected chi connectivity index (χ0v) is 8.55. The fourth-order valence-corrected chi connectivity index (χ4v) is 0.579. The molecule has 0 aliphatic rings. The molecule has 4 heteroatoms. The standard InChI is InChI=1S/C6H6O.C5H8O3/c7-6-4-2-1-3-5-6;1-3-5(6)8-7-4-2/h1-5,7H;3H,1,4H2,2H3. The quantitative estimate of drug-likeness (QED) is 0.471. The van der Waals surface area contributed by atoms with Crippen molar-refractivity contribution in [3.63, 3.8) is 0 Å². The van der Waals surface area contributed by atoms with Crippen LogP contribution in [0.15, 0.2) is 43.0 Å². The summed E-state index contributed by atoms with van der Waals surface area (Å²) in [5, 5.41) is 8.63. The highest BCUT2D eigenvalue weighted by molar-refractivity contribution is 5.80. The van der Waals surface area contributed by atoms with Crippen LogP contribution in [0.3, 0.4) is 0 Å². The average molecular weight is 210 g/mol. The van der Waals surface area contributed by atoms with Gasteiger partial charge in [0.2, 0.25) is 0 Å². The summed E-state index contributed by atoms with van der Waals surface area (Å²) in [5.41, 5.74) is 0. The summed E-state index contributed by atoms with van der Waals surface area (Å²) in [5.74, 6) is -0.241. The van der Waals surface area contributed by atoms with Gasteiger partial charge >= 0.3 is 5.97 Å². The number of aromatic hydroxyl groups is 1. The normalized spacial score (nSPS) is 8.33. The molecule has 0 aromatic heterocycles. The zero-order valence-electron chi connectivity index (χ0n) is 8.55. The molecule has 0 bridgehead atoms. The van der Waals surface area contributed by atoms with E-state index in [1.165, 1.54) is 0 Å². The lowest BCUT2D eigenvalue weighted by Crippen LogP contribution is -2.00. The number of phenolic OH excluding ortho intramolecular Hbond substituents is 1. The van der Waals surface area contributed by atoms with Crippen molar-refractivity contribution >= 4 is 5.97 Å². The van der Waals surface area contributed by atoms with Gasteiger partial charge in [-0.05, 0) is 19.1 Å². The molecule has 0 aliphatic carbocycles. The maximum absolute atomic E-state index is 10.1. The van der Waals surface area contributed by atoms with Gasteiger partial charge in [-0.1, -0.05) is 24.8 Å². The van der Waals surface area contributed by atoms with E-state index in [1.54, 1.807) is 31.2 Å². The van der Waals surface area contributed by atoms with Crippen LogP contribution in [0.4, 0.5) is 0 Å². The van der Waals surface area contributed by atoms with Crippen LogP contribution in [0, 0.1) is 0 Å². The van der Waals surface area contributed by atoms with Gasteiger partial charge in [0.15, 0.2) is 0 Å². The van der Waals surface area contributed by atoms with Crippen molar-refractivity contribution in [1.29, 1.82) is 0 Å². The van der Waals surface area contributed by atoms with Crippen LogP contribution < -0.4 is 0 Å². The van der Waals surface area contributed by atoms with Crippen LogP contribution in [0.1, 0.15) is 6.92 Å². The molecule has 1 aromatic carbocycles. The molecule has 0 fully saturated rings. The lowest BCUT2D eigenvalue weighted by atomic mass is 10.3. The molecule has 0 aliphatic heterocycles. The molecule has 0 unspecified atom stereocenters. The number of benzene rings is 1. The maximum Gasteiger partial charge on any atom is 0.365 e. The highest BCUT2D eigenvalue weighted by Gasteiger charge is 1.91. The first kappa shape index (κ1) is 13.2. The third kappa shape index (κ3) is 8.52. The Morgan fingerprint density at radius 3 is 2.40 bits per heavy atom. The van der Waals surface area contributed by atoms with E-state index in [9.17, 15) is 4.79 Å². The highest BCUT2D eigenvalue weighted by Crippen LogP contribution is 2.02. The van der Waals surface area contributed by atoms with E-state index in [-0.39, 0.29) is 0 Å². The van der Waals surface area contributed by atoms with E-state index in [2.05, 4.69) is 16.4 Å². The van der Waals surface area contributed by atoms with Gasteiger partial charge in [-0.25, -0.2) is 4.79 Å². The summed E-state index contributed by atoms with van der Waals surface area (Å²) in [4.78, 5) is 18.5. The molecule has 0 heterocycles. The Balaban J connectivity index is 0.000000262. The molecule has 0 radical (unpaired) electrons. The van der Waals surface area contributed by atoms with Crippen molar-refractivity contribution in [3.05, 3.63) is 43.0 Å². The highest BCUT2D eigenvalue weighted by atomic mass is 17.2. The maximum atomic E-state index is 10.1. The van der Waals surface area contributed by atoms with Crippen molar-refractivity contribution in [2.45, 2.75) is 6.92 Å². The Morgan fingerprint density at radius 2 is 2.07 bits per heavy atom. The third-order valence-electron chi connectivity index (χ3n) is 1.18. The molecule has 0 saturated carbocycles. The minimum Gasteiger partial charge on any atom is -0.508 e. The van der Waals surface area contributed by atoms with Crippen molar-refractivity contribution in [1.82, 2.24) is 0 Å². The fourth-order valence-electron chi connectivity index (χ4n) is 0.579. The second-order valence-electron chi connectivity index (χ2n) is 2.35. The van der Waals surface area contributed by atoms with E-state index < -0.39 is 5.97 Å². The number of hydrogen-bond acceptors (Lipinski definition) is 4. The number of rotatable bonds is 3. The monoisotopic (exact) mass is 210 g/mol. The molecule has 0 spiro atoms. The number of para-hydroxylation sites is 1. The molecule has 0 saturated heterocycles. The Labute approximate surface area is 88.7 Å². The van der Waals surface area contributed by atoms with Gasteiger partial charge in [-0.2, -0.15) is 4.89 Å². The molecule has 1 N–H and O–H groups in total. The van der Waals surface area contributed by atoms with Crippen LogP contribution in [0.2, 0.25) is 0 Å². The molecule has 15 heavy (non-hydrogen) atoms. The largest absolute Gasteiger partial charge is 0.508 e. The van der Waals surface area contributed by atoms with Crippen molar-refractivity contribution in [2.75, 3.05) is 6.61 Å². The van der Waals surface area contributed by atoms with Crippen molar-refractivity contribution < 1.29 is 19.7 Å². The Hall–Kier alpha value is -1.81. The minimum absolute atomic E-state index is 0.322. The molecule has 0 amide bonds. The molecule has 1 aromatic rings. The summed E-state index contributed by atoms with van der Waals surface area (Å²) in [7, 11) is 0. The number of hydrogen-bond donors (Lipinski definition) is 1. The van der Waals surface area contributed by atoms with Gasteiger partial charge in [0.25, 0.3) is 0 Å². The molecular formula is C11H14O4. The summed E-state index contributed by atoms with van der Waals surface area (Å²) in [6, 6.07) is 8.71. The minimum atomic E-state index is -0.563. The Morgan fingerprint density at radius 1 is 1.47 bits per heavy atom. The topological polar surface area (TPSA) is 55.8 Å². The first-order chi connectivity index (χ1) is 7.20. The lowest BCUT2D eigenvalue weighted by Gasteiger charge is -1.93. The SMILES string of the molecule is C=CC(=O)OOCC.Oc1ccccc1. The first-order valence-electron chi connectivity index (χ1n) is 4.40. The second-order valence-corrected chi connectivity index (χ2v) is 2.35. The lowest BCUT2D eigenvalue weighted by molar-refractivity contribution is -0.264. The van der Waals surface area contributed by atoms with Crippen LogP contribution in [-0.2, 0) is 14.6 Å². The first-order valence-corrected chi connectivity index (χ1v) is 4.40. The zero-order chi connectivity index (χ0) is 11.5. The van der Waals surface area contributed by atoms with Gasteiger partial charge in [-0.15, -0.1) is 0 Å². The van der Waals surface area contributed by atoms with Crippen LogP contribution >= 0.6 is 0 Å². The van der Waals surface area contributed by atoms with Crippen LogP contribution in [-0.4, -0.2) is 17.7 Å². The predicted molar refractivity (Wildman–Crippen MR) is 56.0 cm³/mol. The van der Waals surface area contributed by atoms with E-state index >= 15 is 0 Å². The van der Waals surface area contributed by atoms with E-state index in [1.807, 2.05) is 6.07 Å².